The zero-order chi connectivity index (χ0) is 20.0. The third kappa shape index (κ3) is 5.05. The summed E-state index contributed by atoms with van der Waals surface area (Å²) in [6, 6.07) is 8.67. The third-order valence-corrected chi connectivity index (χ3v) is 3.80. The standard InChI is InChI=1S/C18H15ClN2O6/c1-26-12-5-7-15(13(10-12)18(23)27-2)20-17(22)8-4-11-3-6-14(19)16(9-11)21(24)25/h3-10H,1-2H3,(H,20,22)/b8-4+. The van der Waals surface area contributed by atoms with Gasteiger partial charge in [0.25, 0.3) is 5.69 Å². The number of halogens is 1. The van der Waals surface area contributed by atoms with Crippen LogP contribution in [0.1, 0.15) is 15.9 Å². The highest BCUT2D eigenvalue weighted by Crippen LogP contribution is 2.26. The number of esters is 1. The van der Waals surface area contributed by atoms with Gasteiger partial charge in [-0.15, -0.1) is 0 Å². The zero-order valence-electron chi connectivity index (χ0n) is 14.4. The Balaban J connectivity index is 2.21. The summed E-state index contributed by atoms with van der Waals surface area (Å²) in [4.78, 5) is 34.3. The highest BCUT2D eigenvalue weighted by Gasteiger charge is 2.15. The van der Waals surface area contributed by atoms with Crippen molar-refractivity contribution in [3.63, 3.8) is 0 Å². The minimum Gasteiger partial charge on any atom is -0.497 e. The number of nitrogens with zero attached hydrogens (tertiary/aromatic N) is 1. The van der Waals surface area contributed by atoms with Crippen molar-refractivity contribution in [1.82, 2.24) is 0 Å². The number of carbonyl (C=O) groups excluding carboxylic acids is 2. The number of carbonyl (C=O) groups is 2. The van der Waals surface area contributed by atoms with Crippen LogP contribution >= 0.6 is 11.6 Å². The summed E-state index contributed by atoms with van der Waals surface area (Å²) >= 11 is 5.75. The molecule has 0 bridgehead atoms. The molecule has 0 aliphatic rings. The molecule has 2 rings (SSSR count). The highest BCUT2D eigenvalue weighted by molar-refractivity contribution is 6.32. The Morgan fingerprint density at radius 1 is 1.19 bits per heavy atom. The quantitative estimate of drug-likeness (QED) is 0.349. The van der Waals surface area contributed by atoms with Gasteiger partial charge < -0.3 is 14.8 Å². The number of hydrogen-bond donors (Lipinski definition) is 1. The molecule has 0 aromatic heterocycles. The molecule has 0 atom stereocenters. The topological polar surface area (TPSA) is 108 Å². The smallest absolute Gasteiger partial charge is 0.340 e. The Kier molecular flexibility index (Phi) is 6.51. The number of methoxy groups -OCH3 is 2. The fraction of sp³-hybridized carbons (Fsp3) is 0.111. The maximum Gasteiger partial charge on any atom is 0.340 e. The van der Waals surface area contributed by atoms with E-state index in [1.165, 1.54) is 56.7 Å². The maximum absolute atomic E-state index is 12.1. The molecule has 140 valence electrons. The van der Waals surface area contributed by atoms with Crippen LogP contribution in [0, 0.1) is 10.1 Å². The molecule has 2 aromatic rings. The molecule has 0 saturated heterocycles. The van der Waals surface area contributed by atoms with Gasteiger partial charge >= 0.3 is 5.97 Å². The van der Waals surface area contributed by atoms with Gasteiger partial charge in [0.2, 0.25) is 5.91 Å². The number of hydrogen-bond acceptors (Lipinski definition) is 6. The predicted octanol–water partition coefficient (Wildman–Crippen LogP) is 3.70. The highest BCUT2D eigenvalue weighted by atomic mass is 35.5. The van der Waals surface area contributed by atoms with Crippen molar-refractivity contribution in [2.24, 2.45) is 0 Å². The molecule has 27 heavy (non-hydrogen) atoms. The molecule has 0 saturated carbocycles. The van der Waals surface area contributed by atoms with Gasteiger partial charge in [0.1, 0.15) is 10.8 Å². The fourth-order valence-corrected chi connectivity index (χ4v) is 2.34. The molecule has 1 amide bonds. The third-order valence-electron chi connectivity index (χ3n) is 3.48. The molecule has 0 radical (unpaired) electrons. The van der Waals surface area contributed by atoms with Crippen LogP contribution in [-0.4, -0.2) is 31.0 Å². The van der Waals surface area contributed by atoms with E-state index in [9.17, 15) is 19.7 Å². The van der Waals surface area contributed by atoms with Crippen LogP contribution in [0.15, 0.2) is 42.5 Å². The summed E-state index contributed by atoms with van der Waals surface area (Å²) in [6.07, 6.45) is 2.57. The van der Waals surface area contributed by atoms with E-state index >= 15 is 0 Å². The normalized spacial score (nSPS) is 10.5. The summed E-state index contributed by atoms with van der Waals surface area (Å²) in [7, 11) is 2.67. The van der Waals surface area contributed by atoms with E-state index in [4.69, 9.17) is 21.1 Å². The minimum absolute atomic E-state index is 0.00236. The van der Waals surface area contributed by atoms with Gasteiger partial charge in [0.05, 0.1) is 30.4 Å². The maximum atomic E-state index is 12.1. The van der Waals surface area contributed by atoms with Crippen molar-refractivity contribution in [3.05, 3.63) is 68.7 Å². The first-order valence-electron chi connectivity index (χ1n) is 7.55. The minimum atomic E-state index is -0.637. The number of nitro groups is 1. The second-order valence-corrected chi connectivity index (χ2v) is 5.60. The Morgan fingerprint density at radius 2 is 1.93 bits per heavy atom. The van der Waals surface area contributed by atoms with Gasteiger partial charge in [-0.1, -0.05) is 17.7 Å². The molecule has 2 aromatic carbocycles. The number of nitro benzene ring substituents is 1. The molecule has 0 unspecified atom stereocenters. The van der Waals surface area contributed by atoms with Gasteiger partial charge in [-0.2, -0.15) is 0 Å². The predicted molar refractivity (Wildman–Crippen MR) is 100 cm³/mol. The number of benzene rings is 2. The molecule has 0 fully saturated rings. The van der Waals surface area contributed by atoms with E-state index in [1.807, 2.05) is 0 Å². The van der Waals surface area contributed by atoms with Gasteiger partial charge in [-0.25, -0.2) is 4.79 Å². The van der Waals surface area contributed by atoms with Crippen molar-refractivity contribution in [2.45, 2.75) is 0 Å². The Hall–Kier alpha value is -3.39. The number of amides is 1. The lowest BCUT2D eigenvalue weighted by molar-refractivity contribution is -0.384. The summed E-state index contributed by atoms with van der Waals surface area (Å²) in [6.45, 7) is 0. The van der Waals surface area contributed by atoms with Crippen molar-refractivity contribution in [2.75, 3.05) is 19.5 Å². The zero-order valence-corrected chi connectivity index (χ0v) is 15.1. The monoisotopic (exact) mass is 390 g/mol. The Morgan fingerprint density at radius 3 is 2.56 bits per heavy atom. The number of ether oxygens (including phenoxy) is 2. The summed E-state index contributed by atoms with van der Waals surface area (Å²) in [5, 5.41) is 13.5. The van der Waals surface area contributed by atoms with Gasteiger partial charge in [0.15, 0.2) is 0 Å². The molecule has 1 N–H and O–H groups in total. The van der Waals surface area contributed by atoms with E-state index in [0.29, 0.717) is 11.3 Å². The largest absolute Gasteiger partial charge is 0.497 e. The molecule has 0 spiro atoms. The first-order valence-corrected chi connectivity index (χ1v) is 7.93. The molecule has 0 heterocycles. The van der Waals surface area contributed by atoms with Crippen LogP contribution in [0.25, 0.3) is 6.08 Å². The van der Waals surface area contributed by atoms with Crippen LogP contribution in [0.4, 0.5) is 11.4 Å². The lowest BCUT2D eigenvalue weighted by atomic mass is 10.1. The van der Waals surface area contributed by atoms with Crippen LogP contribution in [0.5, 0.6) is 5.75 Å². The second kappa shape index (κ2) is 8.81. The van der Waals surface area contributed by atoms with Crippen molar-refractivity contribution in [3.8, 4) is 5.75 Å². The first-order chi connectivity index (χ1) is 12.8. The van der Waals surface area contributed by atoms with E-state index in [-0.39, 0.29) is 22.0 Å². The van der Waals surface area contributed by atoms with Crippen LogP contribution < -0.4 is 10.1 Å². The molecule has 0 aliphatic heterocycles. The van der Waals surface area contributed by atoms with Crippen LogP contribution in [-0.2, 0) is 9.53 Å². The van der Waals surface area contributed by atoms with Crippen LogP contribution in [0.2, 0.25) is 5.02 Å². The fourth-order valence-electron chi connectivity index (χ4n) is 2.16. The van der Waals surface area contributed by atoms with Gasteiger partial charge in [-0.3, -0.25) is 14.9 Å². The summed E-state index contributed by atoms with van der Waals surface area (Å²) in [5.74, 6) is -0.748. The average molecular weight is 391 g/mol. The molecule has 0 aliphatic carbocycles. The SMILES string of the molecule is COC(=O)c1cc(OC)ccc1NC(=O)/C=C/c1ccc(Cl)c([N+](=O)[O-])c1. The second-order valence-electron chi connectivity index (χ2n) is 5.19. The number of rotatable bonds is 6. The van der Waals surface area contributed by atoms with E-state index in [1.54, 1.807) is 6.07 Å². The lowest BCUT2D eigenvalue weighted by Crippen LogP contribution is -2.13. The summed E-state index contributed by atoms with van der Waals surface area (Å²) < 4.78 is 9.75. The van der Waals surface area contributed by atoms with E-state index in [2.05, 4.69) is 5.32 Å². The molecular weight excluding hydrogens is 376 g/mol. The number of anilines is 1. The van der Waals surface area contributed by atoms with Gasteiger partial charge in [0, 0.05) is 12.1 Å². The van der Waals surface area contributed by atoms with Crippen LogP contribution in [0.3, 0.4) is 0 Å². The van der Waals surface area contributed by atoms with Crippen molar-refractivity contribution >= 4 is 40.9 Å². The Bertz CT molecular complexity index is 926. The molecule has 8 nitrogen and oxygen atoms in total. The lowest BCUT2D eigenvalue weighted by Gasteiger charge is -2.10. The van der Waals surface area contributed by atoms with Gasteiger partial charge in [-0.05, 0) is 35.9 Å². The molecular formula is C18H15ClN2O6. The van der Waals surface area contributed by atoms with Crippen molar-refractivity contribution in [1.29, 1.82) is 0 Å². The van der Waals surface area contributed by atoms with E-state index < -0.39 is 16.8 Å². The average Bonchev–Trinajstić information content (AvgIpc) is 2.66. The van der Waals surface area contributed by atoms with Crippen molar-refractivity contribution < 1.29 is 24.0 Å². The summed E-state index contributed by atoms with van der Waals surface area (Å²) in [5.41, 5.74) is 0.520. The molecule has 9 heteroatoms. The first kappa shape index (κ1) is 19.9. The number of nitrogens with one attached hydrogen (secondary N) is 1. The van der Waals surface area contributed by atoms with E-state index in [0.717, 1.165) is 0 Å². The Labute approximate surface area is 159 Å².